The standard InChI is InChI=1S/C21H25N5O3/c1-14(2)28-21(27)25-10-8-17(9-11-25)29-20-18-12-24-26(19(18)22-13-23-20)16-6-4-15(3)5-7-16/h4-7,12-14,17H,8-11H2,1-3H3. The van der Waals surface area contributed by atoms with E-state index in [-0.39, 0.29) is 18.3 Å². The van der Waals surface area contributed by atoms with Gasteiger partial charge in [-0.25, -0.2) is 19.4 Å². The number of carbonyl (C=O) groups is 1. The SMILES string of the molecule is Cc1ccc(-n2ncc3c(OC4CCN(C(=O)OC(C)C)CC4)ncnc32)cc1. The summed E-state index contributed by atoms with van der Waals surface area (Å²) in [5, 5.41) is 5.25. The fraction of sp³-hybridized carbons (Fsp3) is 0.429. The molecule has 1 aliphatic heterocycles. The van der Waals surface area contributed by atoms with Gasteiger partial charge in [0.25, 0.3) is 0 Å². The molecule has 0 N–H and O–H groups in total. The summed E-state index contributed by atoms with van der Waals surface area (Å²) in [6.07, 6.45) is 4.30. The highest BCUT2D eigenvalue weighted by Crippen LogP contribution is 2.26. The molecule has 1 saturated heterocycles. The summed E-state index contributed by atoms with van der Waals surface area (Å²) in [6, 6.07) is 8.10. The first-order chi connectivity index (χ1) is 14.0. The summed E-state index contributed by atoms with van der Waals surface area (Å²) < 4.78 is 13.2. The number of rotatable bonds is 4. The van der Waals surface area contributed by atoms with Crippen molar-refractivity contribution < 1.29 is 14.3 Å². The number of carbonyl (C=O) groups excluding carboxylic acids is 1. The quantitative estimate of drug-likeness (QED) is 0.672. The number of piperidine rings is 1. The molecule has 29 heavy (non-hydrogen) atoms. The highest BCUT2D eigenvalue weighted by atomic mass is 16.6. The molecule has 0 saturated carbocycles. The van der Waals surface area contributed by atoms with Crippen molar-refractivity contribution in [2.75, 3.05) is 13.1 Å². The lowest BCUT2D eigenvalue weighted by atomic mass is 10.1. The van der Waals surface area contributed by atoms with Gasteiger partial charge in [-0.2, -0.15) is 5.10 Å². The minimum Gasteiger partial charge on any atom is -0.474 e. The van der Waals surface area contributed by atoms with Crippen LogP contribution in [0.4, 0.5) is 4.79 Å². The summed E-state index contributed by atoms with van der Waals surface area (Å²) in [6.45, 7) is 6.96. The molecule has 0 aliphatic carbocycles. The molecule has 0 bridgehead atoms. The van der Waals surface area contributed by atoms with Crippen molar-refractivity contribution in [2.45, 2.75) is 45.8 Å². The van der Waals surface area contributed by atoms with Crippen LogP contribution in [-0.2, 0) is 4.74 Å². The Bertz CT molecular complexity index is 991. The molecule has 152 valence electrons. The summed E-state index contributed by atoms with van der Waals surface area (Å²) >= 11 is 0. The van der Waals surface area contributed by atoms with E-state index in [4.69, 9.17) is 9.47 Å². The number of likely N-dealkylation sites (tertiary alicyclic amines) is 1. The van der Waals surface area contributed by atoms with E-state index in [0.29, 0.717) is 24.6 Å². The zero-order valence-corrected chi connectivity index (χ0v) is 16.9. The van der Waals surface area contributed by atoms with Gasteiger partial charge in [0.05, 0.1) is 18.0 Å². The lowest BCUT2D eigenvalue weighted by Gasteiger charge is -2.31. The molecule has 0 atom stereocenters. The first kappa shape index (κ1) is 19.2. The van der Waals surface area contributed by atoms with Crippen molar-refractivity contribution in [3.63, 3.8) is 0 Å². The summed E-state index contributed by atoms with van der Waals surface area (Å²) in [7, 11) is 0. The number of hydrogen-bond acceptors (Lipinski definition) is 6. The summed E-state index contributed by atoms with van der Waals surface area (Å²) in [5.41, 5.74) is 2.83. The molecule has 1 amide bonds. The average molecular weight is 395 g/mol. The van der Waals surface area contributed by atoms with Crippen molar-refractivity contribution in [2.24, 2.45) is 0 Å². The third kappa shape index (κ3) is 4.16. The fourth-order valence-electron chi connectivity index (χ4n) is 3.38. The van der Waals surface area contributed by atoms with Crippen molar-refractivity contribution >= 4 is 17.1 Å². The first-order valence-corrected chi connectivity index (χ1v) is 9.89. The van der Waals surface area contributed by atoms with Crippen molar-refractivity contribution in [1.29, 1.82) is 0 Å². The van der Waals surface area contributed by atoms with Gasteiger partial charge in [-0.3, -0.25) is 0 Å². The van der Waals surface area contributed by atoms with E-state index >= 15 is 0 Å². The van der Waals surface area contributed by atoms with Gasteiger partial charge in [0, 0.05) is 25.9 Å². The van der Waals surface area contributed by atoms with E-state index in [1.165, 1.54) is 11.9 Å². The molecule has 8 nitrogen and oxygen atoms in total. The summed E-state index contributed by atoms with van der Waals surface area (Å²) in [5.74, 6) is 0.525. The second-order valence-corrected chi connectivity index (χ2v) is 7.54. The van der Waals surface area contributed by atoms with E-state index in [9.17, 15) is 4.79 Å². The number of hydrogen-bond donors (Lipinski definition) is 0. The Morgan fingerprint density at radius 2 is 1.86 bits per heavy atom. The predicted octanol–water partition coefficient (Wildman–Crippen LogP) is 3.51. The topological polar surface area (TPSA) is 82.4 Å². The lowest BCUT2D eigenvalue weighted by Crippen LogP contribution is -2.42. The maximum Gasteiger partial charge on any atom is 0.410 e. The van der Waals surface area contributed by atoms with Crippen LogP contribution >= 0.6 is 0 Å². The van der Waals surface area contributed by atoms with Crippen molar-refractivity contribution in [1.82, 2.24) is 24.6 Å². The Labute approximate surface area is 169 Å². The molecule has 0 spiro atoms. The molecule has 3 aromatic rings. The monoisotopic (exact) mass is 395 g/mol. The van der Waals surface area contributed by atoms with Crippen LogP contribution < -0.4 is 4.74 Å². The largest absolute Gasteiger partial charge is 0.474 e. The predicted molar refractivity (Wildman–Crippen MR) is 108 cm³/mol. The van der Waals surface area contributed by atoms with Gasteiger partial charge in [-0.15, -0.1) is 0 Å². The normalized spacial score (nSPS) is 15.1. The van der Waals surface area contributed by atoms with Crippen molar-refractivity contribution in [3.05, 3.63) is 42.4 Å². The maximum absolute atomic E-state index is 12.0. The molecular formula is C21H25N5O3. The molecule has 0 unspecified atom stereocenters. The molecule has 1 aliphatic rings. The Balaban J connectivity index is 1.47. The number of fused-ring (bicyclic) bond motifs is 1. The molecule has 2 aromatic heterocycles. The van der Waals surface area contributed by atoms with Gasteiger partial charge < -0.3 is 14.4 Å². The molecule has 8 heteroatoms. The molecular weight excluding hydrogens is 370 g/mol. The van der Waals surface area contributed by atoms with Crippen LogP contribution in [0.15, 0.2) is 36.8 Å². The number of aromatic nitrogens is 4. The van der Waals surface area contributed by atoms with E-state index in [0.717, 1.165) is 23.9 Å². The third-order valence-electron chi connectivity index (χ3n) is 4.92. The molecule has 4 rings (SSSR count). The molecule has 1 aromatic carbocycles. The van der Waals surface area contributed by atoms with Gasteiger partial charge in [0.15, 0.2) is 5.65 Å². The van der Waals surface area contributed by atoms with Crippen LogP contribution in [0, 0.1) is 6.92 Å². The van der Waals surface area contributed by atoms with Gasteiger partial charge >= 0.3 is 6.09 Å². The first-order valence-electron chi connectivity index (χ1n) is 9.89. The van der Waals surface area contributed by atoms with Crippen LogP contribution in [0.2, 0.25) is 0 Å². The van der Waals surface area contributed by atoms with Crippen LogP contribution in [0.5, 0.6) is 5.88 Å². The third-order valence-corrected chi connectivity index (χ3v) is 4.92. The average Bonchev–Trinajstić information content (AvgIpc) is 3.14. The minimum atomic E-state index is -0.262. The Hall–Kier alpha value is -3.16. The van der Waals surface area contributed by atoms with Crippen LogP contribution in [0.1, 0.15) is 32.3 Å². The van der Waals surface area contributed by atoms with E-state index in [2.05, 4.69) is 15.1 Å². The number of nitrogens with zero attached hydrogens (tertiary/aromatic N) is 5. The highest BCUT2D eigenvalue weighted by Gasteiger charge is 2.26. The zero-order valence-electron chi connectivity index (χ0n) is 16.9. The number of aryl methyl sites for hydroxylation is 1. The number of ether oxygens (including phenoxy) is 2. The van der Waals surface area contributed by atoms with E-state index < -0.39 is 0 Å². The van der Waals surface area contributed by atoms with Crippen LogP contribution in [0.25, 0.3) is 16.7 Å². The van der Waals surface area contributed by atoms with E-state index in [1.54, 1.807) is 15.8 Å². The second-order valence-electron chi connectivity index (χ2n) is 7.54. The molecule has 3 heterocycles. The number of benzene rings is 1. The van der Waals surface area contributed by atoms with Gasteiger partial charge in [-0.05, 0) is 32.9 Å². The zero-order chi connectivity index (χ0) is 20.4. The molecule has 1 fully saturated rings. The number of amides is 1. The Kier molecular flexibility index (Phi) is 5.33. The highest BCUT2D eigenvalue weighted by molar-refractivity contribution is 5.81. The van der Waals surface area contributed by atoms with Gasteiger partial charge in [0.1, 0.15) is 17.8 Å². The summed E-state index contributed by atoms with van der Waals surface area (Å²) in [4.78, 5) is 22.5. The second kappa shape index (κ2) is 8.06. The van der Waals surface area contributed by atoms with Crippen LogP contribution in [-0.4, -0.2) is 56.0 Å². The van der Waals surface area contributed by atoms with E-state index in [1.807, 2.05) is 45.0 Å². The lowest BCUT2D eigenvalue weighted by molar-refractivity contribution is 0.0511. The van der Waals surface area contributed by atoms with Gasteiger partial charge in [-0.1, -0.05) is 17.7 Å². The Morgan fingerprint density at radius 1 is 1.14 bits per heavy atom. The fourth-order valence-corrected chi connectivity index (χ4v) is 3.38. The van der Waals surface area contributed by atoms with Crippen molar-refractivity contribution in [3.8, 4) is 11.6 Å². The maximum atomic E-state index is 12.0. The molecule has 0 radical (unpaired) electrons. The smallest absolute Gasteiger partial charge is 0.410 e. The minimum absolute atomic E-state index is 0.0149. The Morgan fingerprint density at radius 3 is 2.55 bits per heavy atom. The van der Waals surface area contributed by atoms with Gasteiger partial charge in [0.2, 0.25) is 5.88 Å². The van der Waals surface area contributed by atoms with Crippen LogP contribution in [0.3, 0.4) is 0 Å².